The first-order chi connectivity index (χ1) is 18.4. The molecule has 7 nitrogen and oxygen atoms in total. The molecule has 1 heterocycles. The van der Waals surface area contributed by atoms with Crippen molar-refractivity contribution in [1.82, 2.24) is 5.32 Å². The summed E-state index contributed by atoms with van der Waals surface area (Å²) in [5, 5.41) is 5.21. The summed E-state index contributed by atoms with van der Waals surface area (Å²) < 4.78 is 16.7. The van der Waals surface area contributed by atoms with Crippen molar-refractivity contribution in [3.05, 3.63) is 69.9 Å². The second-order valence-corrected chi connectivity index (χ2v) is 10.6. The minimum atomic E-state index is -0.945. The lowest BCUT2D eigenvalue weighted by Gasteiger charge is -2.34. The molecule has 0 aliphatic heterocycles. The standard InChI is InChI=1S/C30H36N2O5S/c1-20-10-8-13-23(16-20)32(27(33)19-24-14-9-15-38-24)28(30(34)31-22-11-6-5-7-12-22)21-17-25(35-2)29(37-4)26(18-21)36-3/h8-10,13-18,22,28H,5-7,11-12,19H2,1-4H3,(H,31,34). The number of thiophene rings is 1. The van der Waals surface area contributed by atoms with Gasteiger partial charge in [0.05, 0.1) is 27.8 Å². The molecular formula is C30H36N2O5S. The molecule has 1 unspecified atom stereocenters. The van der Waals surface area contributed by atoms with E-state index in [0.29, 0.717) is 28.5 Å². The largest absolute Gasteiger partial charge is 0.493 e. The van der Waals surface area contributed by atoms with Crippen LogP contribution in [0.1, 0.15) is 54.1 Å². The van der Waals surface area contributed by atoms with E-state index in [0.717, 1.165) is 36.1 Å². The van der Waals surface area contributed by atoms with Gasteiger partial charge in [-0.15, -0.1) is 11.3 Å². The summed E-state index contributed by atoms with van der Waals surface area (Å²) in [6.07, 6.45) is 5.39. The molecule has 1 N–H and O–H groups in total. The fourth-order valence-electron chi connectivity index (χ4n) is 5.07. The van der Waals surface area contributed by atoms with E-state index in [9.17, 15) is 9.59 Å². The number of hydrogen-bond acceptors (Lipinski definition) is 6. The highest BCUT2D eigenvalue weighted by Crippen LogP contribution is 2.42. The SMILES string of the molecule is COc1cc(C(C(=O)NC2CCCCC2)N(C(=O)Cc2cccs2)c2cccc(C)c2)cc(OC)c1OC. The lowest BCUT2D eigenvalue weighted by Crippen LogP contribution is -2.47. The van der Waals surface area contributed by atoms with Crippen LogP contribution in [0.2, 0.25) is 0 Å². The molecule has 1 aromatic heterocycles. The summed E-state index contributed by atoms with van der Waals surface area (Å²) in [7, 11) is 4.62. The van der Waals surface area contributed by atoms with Gasteiger partial charge in [0.2, 0.25) is 17.6 Å². The molecule has 2 amide bonds. The van der Waals surface area contributed by atoms with E-state index in [1.54, 1.807) is 31.3 Å². The zero-order chi connectivity index (χ0) is 27.1. The Kier molecular flexibility index (Phi) is 9.29. The number of amides is 2. The molecule has 0 spiro atoms. The Labute approximate surface area is 228 Å². The highest BCUT2D eigenvalue weighted by molar-refractivity contribution is 7.10. The molecule has 1 aliphatic carbocycles. The van der Waals surface area contributed by atoms with Crippen molar-refractivity contribution in [1.29, 1.82) is 0 Å². The first-order valence-electron chi connectivity index (χ1n) is 13.0. The van der Waals surface area contributed by atoms with E-state index in [2.05, 4.69) is 5.32 Å². The number of nitrogens with zero attached hydrogens (tertiary/aromatic N) is 1. The molecule has 202 valence electrons. The number of nitrogens with one attached hydrogen (secondary N) is 1. The molecule has 38 heavy (non-hydrogen) atoms. The molecule has 0 radical (unpaired) electrons. The smallest absolute Gasteiger partial charge is 0.248 e. The lowest BCUT2D eigenvalue weighted by atomic mass is 9.94. The van der Waals surface area contributed by atoms with Crippen molar-refractivity contribution in [2.75, 3.05) is 26.2 Å². The number of methoxy groups -OCH3 is 3. The van der Waals surface area contributed by atoms with Crippen LogP contribution in [0.4, 0.5) is 5.69 Å². The zero-order valence-corrected chi connectivity index (χ0v) is 23.3. The van der Waals surface area contributed by atoms with E-state index >= 15 is 0 Å². The molecule has 0 bridgehead atoms. The van der Waals surface area contributed by atoms with Crippen molar-refractivity contribution in [2.24, 2.45) is 0 Å². The minimum Gasteiger partial charge on any atom is -0.493 e. The van der Waals surface area contributed by atoms with Gasteiger partial charge in [0, 0.05) is 16.6 Å². The van der Waals surface area contributed by atoms with Gasteiger partial charge in [0.1, 0.15) is 6.04 Å². The maximum atomic E-state index is 14.2. The Morgan fingerprint density at radius 3 is 2.26 bits per heavy atom. The highest BCUT2D eigenvalue weighted by atomic mass is 32.1. The maximum Gasteiger partial charge on any atom is 0.248 e. The average molecular weight is 537 g/mol. The van der Waals surface area contributed by atoms with E-state index in [1.165, 1.54) is 24.9 Å². The molecule has 1 fully saturated rings. The van der Waals surface area contributed by atoms with Crippen LogP contribution in [0.25, 0.3) is 0 Å². The second kappa shape index (κ2) is 12.8. The van der Waals surface area contributed by atoms with E-state index < -0.39 is 6.04 Å². The second-order valence-electron chi connectivity index (χ2n) is 9.56. The normalized spacial score (nSPS) is 14.4. The number of anilines is 1. The van der Waals surface area contributed by atoms with Gasteiger partial charge in [-0.3, -0.25) is 14.5 Å². The van der Waals surface area contributed by atoms with Gasteiger partial charge in [-0.2, -0.15) is 0 Å². The first kappa shape index (κ1) is 27.5. The summed E-state index contributed by atoms with van der Waals surface area (Å²) in [5.74, 6) is 0.874. The summed E-state index contributed by atoms with van der Waals surface area (Å²) in [6, 6.07) is 14.2. The van der Waals surface area contributed by atoms with Crippen molar-refractivity contribution < 1.29 is 23.8 Å². The van der Waals surface area contributed by atoms with Crippen LogP contribution in [0.5, 0.6) is 17.2 Å². The third-order valence-corrected chi connectivity index (χ3v) is 7.79. The quantitative estimate of drug-likeness (QED) is 0.352. The van der Waals surface area contributed by atoms with Gasteiger partial charge < -0.3 is 19.5 Å². The number of benzene rings is 2. The highest BCUT2D eigenvalue weighted by Gasteiger charge is 2.35. The Morgan fingerprint density at radius 2 is 1.68 bits per heavy atom. The van der Waals surface area contributed by atoms with Crippen molar-refractivity contribution in [3.63, 3.8) is 0 Å². The Hall–Kier alpha value is -3.52. The first-order valence-corrected chi connectivity index (χ1v) is 13.8. The van der Waals surface area contributed by atoms with Crippen LogP contribution in [0.15, 0.2) is 53.9 Å². The fraction of sp³-hybridized carbons (Fsp3) is 0.400. The van der Waals surface area contributed by atoms with Crippen LogP contribution in [-0.2, 0) is 16.0 Å². The molecule has 3 aromatic rings. The van der Waals surface area contributed by atoms with Crippen LogP contribution < -0.4 is 24.4 Å². The minimum absolute atomic E-state index is 0.0764. The van der Waals surface area contributed by atoms with Crippen LogP contribution in [0, 0.1) is 6.92 Å². The van der Waals surface area contributed by atoms with Crippen LogP contribution >= 0.6 is 11.3 Å². The Balaban J connectivity index is 1.85. The molecule has 4 rings (SSSR count). The lowest BCUT2D eigenvalue weighted by molar-refractivity contribution is -0.127. The van der Waals surface area contributed by atoms with Gasteiger partial charge in [0.15, 0.2) is 11.5 Å². The van der Waals surface area contributed by atoms with Crippen molar-refractivity contribution in [3.8, 4) is 17.2 Å². The van der Waals surface area contributed by atoms with Gasteiger partial charge >= 0.3 is 0 Å². The van der Waals surface area contributed by atoms with Gasteiger partial charge in [-0.05, 0) is 66.6 Å². The van der Waals surface area contributed by atoms with E-state index in [1.807, 2.05) is 48.7 Å². The van der Waals surface area contributed by atoms with Crippen molar-refractivity contribution >= 4 is 28.8 Å². The Bertz CT molecular complexity index is 1210. The fourth-order valence-corrected chi connectivity index (χ4v) is 5.76. The molecule has 1 atom stereocenters. The number of aryl methyl sites for hydroxylation is 1. The van der Waals surface area contributed by atoms with Crippen LogP contribution in [-0.4, -0.2) is 39.2 Å². The van der Waals surface area contributed by atoms with Crippen molar-refractivity contribution in [2.45, 2.75) is 57.5 Å². The molecule has 2 aromatic carbocycles. The van der Waals surface area contributed by atoms with E-state index in [-0.39, 0.29) is 24.3 Å². The predicted octanol–water partition coefficient (Wildman–Crippen LogP) is 5.85. The number of hydrogen-bond donors (Lipinski definition) is 1. The van der Waals surface area contributed by atoms with Crippen LogP contribution in [0.3, 0.4) is 0 Å². The summed E-state index contributed by atoms with van der Waals surface area (Å²) in [5.41, 5.74) is 2.23. The van der Waals surface area contributed by atoms with Gasteiger partial charge in [0.25, 0.3) is 0 Å². The third kappa shape index (κ3) is 6.30. The average Bonchev–Trinajstić information content (AvgIpc) is 3.44. The maximum absolute atomic E-state index is 14.2. The number of ether oxygens (including phenoxy) is 3. The number of carbonyl (C=O) groups is 2. The molecule has 1 saturated carbocycles. The summed E-state index contributed by atoms with van der Waals surface area (Å²) >= 11 is 1.52. The summed E-state index contributed by atoms with van der Waals surface area (Å²) in [6.45, 7) is 1.97. The third-order valence-electron chi connectivity index (χ3n) is 6.91. The summed E-state index contributed by atoms with van der Waals surface area (Å²) in [4.78, 5) is 30.7. The zero-order valence-electron chi connectivity index (χ0n) is 22.5. The molecule has 1 aliphatic rings. The van der Waals surface area contributed by atoms with Gasteiger partial charge in [-0.1, -0.05) is 37.5 Å². The monoisotopic (exact) mass is 536 g/mol. The molecular weight excluding hydrogens is 500 g/mol. The number of carbonyl (C=O) groups excluding carboxylic acids is 2. The topological polar surface area (TPSA) is 77.1 Å². The Morgan fingerprint density at radius 1 is 0.974 bits per heavy atom. The predicted molar refractivity (Wildman–Crippen MR) is 151 cm³/mol. The molecule has 8 heteroatoms. The van der Waals surface area contributed by atoms with Gasteiger partial charge in [-0.25, -0.2) is 0 Å². The molecule has 0 saturated heterocycles. The number of rotatable bonds is 10. The van der Waals surface area contributed by atoms with E-state index in [4.69, 9.17) is 14.2 Å².